The van der Waals surface area contributed by atoms with E-state index in [0.29, 0.717) is 12.1 Å². The van der Waals surface area contributed by atoms with Gasteiger partial charge in [0, 0.05) is 16.6 Å². The molecule has 0 fully saturated rings. The smallest absolute Gasteiger partial charge is 0.231 e. The summed E-state index contributed by atoms with van der Waals surface area (Å²) in [6.07, 6.45) is 0. The van der Waals surface area contributed by atoms with Crippen molar-refractivity contribution in [2.45, 2.75) is 32.9 Å². The van der Waals surface area contributed by atoms with Crippen molar-refractivity contribution in [3.63, 3.8) is 0 Å². The minimum atomic E-state index is -0.348. The lowest BCUT2D eigenvalue weighted by Gasteiger charge is -2.35. The lowest BCUT2D eigenvalue weighted by atomic mass is 10.0. The molecule has 0 aromatic heterocycles. The highest BCUT2D eigenvalue weighted by atomic mass is 79.9. The highest BCUT2D eigenvalue weighted by Gasteiger charge is 2.23. The van der Waals surface area contributed by atoms with Gasteiger partial charge in [-0.15, -0.1) is 0 Å². The van der Waals surface area contributed by atoms with Crippen molar-refractivity contribution in [1.29, 1.82) is 5.26 Å². The molecule has 19 heavy (non-hydrogen) atoms. The van der Waals surface area contributed by atoms with Crippen molar-refractivity contribution < 1.29 is 4.79 Å². The van der Waals surface area contributed by atoms with E-state index in [1.54, 1.807) is 12.1 Å². The Kier molecular flexibility index (Phi) is 5.10. The number of carbonyl (C=O) groups excluding carboxylic acids is 1. The molecule has 1 amide bonds. The number of carbonyl (C=O) groups is 1. The topological polar surface area (TPSA) is 70.1 Å². The third-order valence-corrected chi connectivity index (χ3v) is 3.58. The minimum Gasteiger partial charge on any atom is -0.369 e. The fourth-order valence-electron chi connectivity index (χ4n) is 1.67. The van der Waals surface area contributed by atoms with Crippen molar-refractivity contribution in [2.75, 3.05) is 6.54 Å². The van der Waals surface area contributed by atoms with Gasteiger partial charge in [0.1, 0.15) is 0 Å². The van der Waals surface area contributed by atoms with E-state index in [-0.39, 0.29) is 18.0 Å². The second-order valence-corrected chi connectivity index (χ2v) is 6.27. The molecule has 0 unspecified atom stereocenters. The van der Waals surface area contributed by atoms with Crippen molar-refractivity contribution in [2.24, 2.45) is 5.73 Å². The van der Waals surface area contributed by atoms with Crippen LogP contribution < -0.4 is 5.73 Å². The molecule has 0 aliphatic rings. The molecule has 0 radical (unpaired) electrons. The zero-order valence-electron chi connectivity index (χ0n) is 11.4. The van der Waals surface area contributed by atoms with E-state index in [9.17, 15) is 4.79 Å². The quantitative estimate of drug-likeness (QED) is 0.924. The Morgan fingerprint density at radius 2 is 2.11 bits per heavy atom. The summed E-state index contributed by atoms with van der Waals surface area (Å²) < 4.78 is 0.866. The number of nitriles is 1. The third kappa shape index (κ3) is 4.66. The lowest BCUT2D eigenvalue weighted by molar-refractivity contribution is -0.120. The number of nitrogens with two attached hydrogens (primary N) is 1. The second-order valence-electron chi connectivity index (χ2n) is 5.41. The molecule has 0 heterocycles. The van der Waals surface area contributed by atoms with Crippen LogP contribution in [0.3, 0.4) is 0 Å². The van der Waals surface area contributed by atoms with Gasteiger partial charge >= 0.3 is 0 Å². The Bertz CT molecular complexity index is 514. The first-order valence-corrected chi connectivity index (χ1v) is 6.75. The molecule has 2 N–H and O–H groups in total. The highest BCUT2D eigenvalue weighted by Crippen LogP contribution is 2.23. The molecule has 102 valence electrons. The molecule has 0 saturated carbocycles. The summed E-state index contributed by atoms with van der Waals surface area (Å²) in [6.45, 7) is 6.91. The van der Waals surface area contributed by atoms with Gasteiger partial charge in [-0.2, -0.15) is 5.26 Å². The monoisotopic (exact) mass is 323 g/mol. The van der Waals surface area contributed by atoms with E-state index >= 15 is 0 Å². The number of halogens is 1. The van der Waals surface area contributed by atoms with Gasteiger partial charge in [0.05, 0.1) is 18.2 Å². The molecule has 0 atom stereocenters. The second kappa shape index (κ2) is 6.18. The van der Waals surface area contributed by atoms with E-state index < -0.39 is 0 Å². The molecule has 0 aliphatic heterocycles. The molecule has 5 heteroatoms. The van der Waals surface area contributed by atoms with Crippen LogP contribution >= 0.6 is 15.9 Å². The predicted molar refractivity (Wildman–Crippen MR) is 78.2 cm³/mol. The van der Waals surface area contributed by atoms with Gasteiger partial charge in [-0.25, -0.2) is 0 Å². The molecule has 1 rings (SSSR count). The molecular weight excluding hydrogens is 306 g/mol. The number of hydrogen-bond acceptors (Lipinski definition) is 3. The van der Waals surface area contributed by atoms with E-state index in [1.165, 1.54) is 0 Å². The number of hydrogen-bond donors (Lipinski definition) is 1. The normalized spacial score (nSPS) is 11.4. The first kappa shape index (κ1) is 15.7. The summed E-state index contributed by atoms with van der Waals surface area (Å²) in [5, 5.41) is 8.84. The van der Waals surface area contributed by atoms with Crippen LogP contribution in [0.2, 0.25) is 0 Å². The largest absolute Gasteiger partial charge is 0.369 e. The van der Waals surface area contributed by atoms with Gasteiger partial charge in [0.2, 0.25) is 5.91 Å². The van der Waals surface area contributed by atoms with Gasteiger partial charge in [0.15, 0.2) is 0 Å². The summed E-state index contributed by atoms with van der Waals surface area (Å²) in [7, 11) is 0. The third-order valence-electron chi connectivity index (χ3n) is 2.84. The molecule has 0 aliphatic carbocycles. The van der Waals surface area contributed by atoms with Crippen LogP contribution in [0.15, 0.2) is 22.7 Å². The molecule has 0 saturated heterocycles. The zero-order chi connectivity index (χ0) is 14.6. The summed E-state index contributed by atoms with van der Waals surface area (Å²) in [6, 6.07) is 7.53. The number of benzene rings is 1. The van der Waals surface area contributed by atoms with Gasteiger partial charge in [0.25, 0.3) is 0 Å². The van der Waals surface area contributed by atoms with Crippen LogP contribution in [-0.4, -0.2) is 22.9 Å². The average molecular weight is 324 g/mol. The Morgan fingerprint density at radius 1 is 1.47 bits per heavy atom. The van der Waals surface area contributed by atoms with Crippen molar-refractivity contribution >= 4 is 21.8 Å². The molecular formula is C14H18BrN3O. The van der Waals surface area contributed by atoms with E-state index in [4.69, 9.17) is 11.0 Å². The summed E-state index contributed by atoms with van der Waals surface area (Å²) >= 11 is 3.46. The Morgan fingerprint density at radius 3 is 2.53 bits per heavy atom. The Labute approximate surface area is 122 Å². The fourth-order valence-corrected chi connectivity index (χ4v) is 2.17. The number of primary amides is 1. The van der Waals surface area contributed by atoms with Crippen LogP contribution in [0.1, 0.15) is 31.9 Å². The molecule has 0 spiro atoms. The molecule has 1 aromatic carbocycles. The van der Waals surface area contributed by atoms with Crippen LogP contribution in [0.4, 0.5) is 0 Å². The van der Waals surface area contributed by atoms with Crippen LogP contribution in [0.5, 0.6) is 0 Å². The summed E-state index contributed by atoms with van der Waals surface area (Å²) in [5.41, 5.74) is 6.76. The molecule has 1 aromatic rings. The zero-order valence-corrected chi connectivity index (χ0v) is 13.0. The SMILES string of the molecule is CC(C)(C)N(CC(N)=O)Cc1ccc(C#N)cc1Br. The van der Waals surface area contributed by atoms with E-state index in [1.807, 2.05) is 31.7 Å². The maximum absolute atomic E-state index is 11.2. The van der Waals surface area contributed by atoms with Crippen molar-refractivity contribution in [3.05, 3.63) is 33.8 Å². The van der Waals surface area contributed by atoms with Crippen molar-refractivity contribution in [3.8, 4) is 6.07 Å². The van der Waals surface area contributed by atoms with E-state index in [2.05, 4.69) is 22.0 Å². The maximum Gasteiger partial charge on any atom is 0.231 e. The first-order valence-electron chi connectivity index (χ1n) is 5.96. The molecule has 0 bridgehead atoms. The maximum atomic E-state index is 11.2. The predicted octanol–water partition coefficient (Wildman–Crippen LogP) is 2.41. The number of rotatable bonds is 4. The van der Waals surface area contributed by atoms with Crippen LogP contribution in [0.25, 0.3) is 0 Å². The van der Waals surface area contributed by atoms with Crippen LogP contribution in [-0.2, 0) is 11.3 Å². The lowest BCUT2D eigenvalue weighted by Crippen LogP contribution is -2.45. The molecule has 4 nitrogen and oxygen atoms in total. The first-order chi connectivity index (χ1) is 8.74. The standard InChI is InChI=1S/C14H18BrN3O/c1-14(2,3)18(9-13(17)19)8-11-5-4-10(7-16)6-12(11)15/h4-6H,8-9H2,1-3H3,(H2,17,19). The highest BCUT2D eigenvalue weighted by molar-refractivity contribution is 9.10. The van der Waals surface area contributed by atoms with Gasteiger partial charge in [-0.1, -0.05) is 22.0 Å². The average Bonchev–Trinajstić information content (AvgIpc) is 2.28. The van der Waals surface area contributed by atoms with Crippen molar-refractivity contribution in [1.82, 2.24) is 4.90 Å². The summed E-state index contributed by atoms with van der Waals surface area (Å²) in [4.78, 5) is 13.2. The van der Waals surface area contributed by atoms with Gasteiger partial charge in [-0.05, 0) is 38.5 Å². The Balaban J connectivity index is 2.97. The van der Waals surface area contributed by atoms with Gasteiger partial charge < -0.3 is 5.73 Å². The van der Waals surface area contributed by atoms with Gasteiger partial charge in [-0.3, -0.25) is 9.69 Å². The Hall–Kier alpha value is -1.38. The van der Waals surface area contributed by atoms with E-state index in [0.717, 1.165) is 10.0 Å². The van der Waals surface area contributed by atoms with Crippen LogP contribution in [0, 0.1) is 11.3 Å². The summed E-state index contributed by atoms with van der Waals surface area (Å²) in [5.74, 6) is -0.348. The number of nitrogens with zero attached hydrogens (tertiary/aromatic N) is 2. The number of amides is 1. The minimum absolute atomic E-state index is 0.164. The fraction of sp³-hybridized carbons (Fsp3) is 0.429.